The van der Waals surface area contributed by atoms with Crippen LogP contribution in [0.5, 0.6) is 0 Å². The first-order valence-corrected chi connectivity index (χ1v) is 6.99. The van der Waals surface area contributed by atoms with Crippen LogP contribution < -0.4 is 0 Å². The topological polar surface area (TPSA) is 57.6 Å². The summed E-state index contributed by atoms with van der Waals surface area (Å²) in [5.74, 6) is -0.215. The number of aliphatic carboxylic acids is 1. The van der Waals surface area contributed by atoms with Crippen LogP contribution in [0.1, 0.15) is 22.8 Å². The van der Waals surface area contributed by atoms with Crippen LogP contribution >= 0.6 is 11.8 Å². The Morgan fingerprint density at radius 2 is 2.06 bits per heavy atom. The van der Waals surface area contributed by atoms with Gasteiger partial charge in [0.2, 0.25) is 0 Å². The minimum Gasteiger partial charge on any atom is -0.480 e. The second kappa shape index (κ2) is 5.44. The Bertz CT molecular complexity index is 458. The van der Waals surface area contributed by atoms with Gasteiger partial charge in [0, 0.05) is 11.3 Å². The number of amides is 1. The smallest absolute Gasteiger partial charge is 0.327 e. The maximum absolute atomic E-state index is 12.2. The fourth-order valence-electron chi connectivity index (χ4n) is 1.90. The van der Waals surface area contributed by atoms with Gasteiger partial charge in [0.1, 0.15) is 6.04 Å². The highest BCUT2D eigenvalue weighted by atomic mass is 32.2. The zero-order valence-electron chi connectivity index (χ0n) is 10.1. The van der Waals surface area contributed by atoms with E-state index in [0.29, 0.717) is 17.2 Å². The highest BCUT2D eigenvalue weighted by molar-refractivity contribution is 7.99. The van der Waals surface area contributed by atoms with Crippen molar-refractivity contribution in [2.45, 2.75) is 19.4 Å². The number of carbonyl (C=O) groups is 2. The van der Waals surface area contributed by atoms with E-state index in [1.807, 2.05) is 19.1 Å². The number of aryl methyl sites for hydroxylation is 1. The third-order valence-electron chi connectivity index (χ3n) is 3.04. The first kappa shape index (κ1) is 13.0. The van der Waals surface area contributed by atoms with Crippen molar-refractivity contribution in [1.29, 1.82) is 0 Å². The van der Waals surface area contributed by atoms with Crippen LogP contribution in [0.2, 0.25) is 0 Å². The van der Waals surface area contributed by atoms with Crippen LogP contribution in [0, 0.1) is 0 Å². The van der Waals surface area contributed by atoms with Gasteiger partial charge in [-0.15, -0.1) is 11.8 Å². The molecular weight excluding hydrogens is 250 g/mol. The lowest BCUT2D eigenvalue weighted by Gasteiger charge is -2.20. The average molecular weight is 265 g/mol. The lowest BCUT2D eigenvalue weighted by molar-refractivity contribution is -0.140. The fourth-order valence-corrected chi connectivity index (χ4v) is 3.04. The first-order valence-electron chi connectivity index (χ1n) is 5.84. The van der Waals surface area contributed by atoms with Crippen molar-refractivity contribution in [1.82, 2.24) is 4.90 Å². The molecule has 0 aromatic heterocycles. The molecule has 96 valence electrons. The number of carboxylic acid groups (broad SMARTS) is 1. The number of nitrogens with zero attached hydrogens (tertiary/aromatic N) is 1. The van der Waals surface area contributed by atoms with Crippen molar-refractivity contribution in [3.05, 3.63) is 35.4 Å². The van der Waals surface area contributed by atoms with Gasteiger partial charge in [0.25, 0.3) is 5.91 Å². The van der Waals surface area contributed by atoms with Crippen molar-refractivity contribution in [2.75, 3.05) is 11.6 Å². The quantitative estimate of drug-likeness (QED) is 0.906. The number of hydrogen-bond donors (Lipinski definition) is 1. The third-order valence-corrected chi connectivity index (χ3v) is 4.05. The molecule has 0 radical (unpaired) electrons. The van der Waals surface area contributed by atoms with E-state index in [2.05, 4.69) is 0 Å². The summed E-state index contributed by atoms with van der Waals surface area (Å²) in [4.78, 5) is 24.7. The predicted molar refractivity (Wildman–Crippen MR) is 70.7 cm³/mol. The van der Waals surface area contributed by atoms with Crippen LogP contribution in [0.25, 0.3) is 0 Å². The molecular formula is C13H15NO3S. The number of carbonyl (C=O) groups excluding carboxylic acids is 1. The van der Waals surface area contributed by atoms with Crippen LogP contribution in [-0.4, -0.2) is 39.6 Å². The van der Waals surface area contributed by atoms with Gasteiger partial charge in [0.15, 0.2) is 0 Å². The van der Waals surface area contributed by atoms with Gasteiger partial charge in [0.05, 0.1) is 5.88 Å². The molecule has 1 fully saturated rings. The van der Waals surface area contributed by atoms with Gasteiger partial charge in [-0.25, -0.2) is 4.79 Å². The molecule has 1 aromatic rings. The maximum atomic E-state index is 12.2. The summed E-state index contributed by atoms with van der Waals surface area (Å²) in [7, 11) is 0. The summed E-state index contributed by atoms with van der Waals surface area (Å²) in [6, 6.07) is 6.65. The number of hydrogen-bond acceptors (Lipinski definition) is 3. The Morgan fingerprint density at radius 1 is 1.39 bits per heavy atom. The molecule has 1 atom stereocenters. The molecule has 0 aliphatic carbocycles. The molecule has 1 aliphatic rings. The molecule has 0 saturated carbocycles. The lowest BCUT2D eigenvalue weighted by atomic mass is 10.1. The predicted octanol–water partition coefficient (Wildman–Crippen LogP) is 1.85. The molecule has 4 nitrogen and oxygen atoms in total. The Morgan fingerprint density at radius 3 is 2.61 bits per heavy atom. The number of rotatable bonds is 3. The van der Waals surface area contributed by atoms with Crippen molar-refractivity contribution in [3.63, 3.8) is 0 Å². The summed E-state index contributed by atoms with van der Waals surface area (Å²) >= 11 is 1.47. The molecule has 1 amide bonds. The molecule has 0 bridgehead atoms. The normalized spacial score (nSPS) is 18.9. The van der Waals surface area contributed by atoms with E-state index in [4.69, 9.17) is 5.11 Å². The summed E-state index contributed by atoms with van der Waals surface area (Å²) in [6.45, 7) is 2.05. The van der Waals surface area contributed by atoms with E-state index in [1.54, 1.807) is 12.1 Å². The summed E-state index contributed by atoms with van der Waals surface area (Å²) < 4.78 is 0. The van der Waals surface area contributed by atoms with E-state index in [9.17, 15) is 9.59 Å². The SMILES string of the molecule is CCc1ccc(C(=O)N2CSCC2C(=O)O)cc1. The molecule has 1 unspecified atom stereocenters. The summed E-state index contributed by atoms with van der Waals surface area (Å²) in [5.41, 5.74) is 1.72. The van der Waals surface area contributed by atoms with Crippen LogP contribution in [0.4, 0.5) is 0 Å². The molecule has 18 heavy (non-hydrogen) atoms. The van der Waals surface area contributed by atoms with E-state index >= 15 is 0 Å². The Balaban J connectivity index is 2.17. The molecule has 1 aromatic carbocycles. The van der Waals surface area contributed by atoms with Gasteiger partial charge < -0.3 is 10.0 Å². The number of carboxylic acids is 1. The molecule has 0 spiro atoms. The zero-order chi connectivity index (χ0) is 13.1. The first-order chi connectivity index (χ1) is 8.63. The summed E-state index contributed by atoms with van der Waals surface area (Å²) in [5, 5.41) is 9.05. The minimum absolute atomic E-state index is 0.199. The van der Waals surface area contributed by atoms with Crippen LogP contribution in [-0.2, 0) is 11.2 Å². The zero-order valence-corrected chi connectivity index (χ0v) is 10.9. The van der Waals surface area contributed by atoms with Gasteiger partial charge in [-0.1, -0.05) is 19.1 Å². The molecule has 1 heterocycles. The second-order valence-electron chi connectivity index (χ2n) is 4.18. The van der Waals surface area contributed by atoms with Crippen molar-refractivity contribution >= 4 is 23.6 Å². The number of benzene rings is 1. The minimum atomic E-state index is -0.932. The van der Waals surface area contributed by atoms with Crippen molar-refractivity contribution in [2.24, 2.45) is 0 Å². The Kier molecular flexibility index (Phi) is 3.91. The monoisotopic (exact) mass is 265 g/mol. The van der Waals surface area contributed by atoms with Gasteiger partial charge in [-0.2, -0.15) is 0 Å². The van der Waals surface area contributed by atoms with Crippen LogP contribution in [0.15, 0.2) is 24.3 Å². The second-order valence-corrected chi connectivity index (χ2v) is 5.18. The average Bonchev–Trinajstić information content (AvgIpc) is 2.87. The molecule has 1 saturated heterocycles. The third kappa shape index (κ3) is 2.51. The van der Waals surface area contributed by atoms with E-state index < -0.39 is 12.0 Å². The molecule has 5 heteroatoms. The fraction of sp³-hybridized carbons (Fsp3) is 0.385. The molecule has 1 aliphatic heterocycles. The van der Waals surface area contributed by atoms with Crippen molar-refractivity contribution in [3.8, 4) is 0 Å². The number of thioether (sulfide) groups is 1. The Hall–Kier alpha value is -1.49. The highest BCUT2D eigenvalue weighted by Gasteiger charge is 2.34. The maximum Gasteiger partial charge on any atom is 0.327 e. The van der Waals surface area contributed by atoms with E-state index in [-0.39, 0.29) is 5.91 Å². The van der Waals surface area contributed by atoms with E-state index in [1.165, 1.54) is 16.7 Å². The van der Waals surface area contributed by atoms with E-state index in [0.717, 1.165) is 12.0 Å². The van der Waals surface area contributed by atoms with Gasteiger partial charge >= 0.3 is 5.97 Å². The van der Waals surface area contributed by atoms with Crippen LogP contribution in [0.3, 0.4) is 0 Å². The lowest BCUT2D eigenvalue weighted by Crippen LogP contribution is -2.41. The highest BCUT2D eigenvalue weighted by Crippen LogP contribution is 2.23. The Labute approximate surface area is 110 Å². The molecule has 2 rings (SSSR count). The molecule has 1 N–H and O–H groups in total. The standard InChI is InChI=1S/C13H15NO3S/c1-2-9-3-5-10(6-4-9)12(15)14-8-18-7-11(14)13(16)17/h3-6,11H,2,7-8H2,1H3,(H,16,17). The largest absolute Gasteiger partial charge is 0.480 e. The summed E-state index contributed by atoms with van der Waals surface area (Å²) in [6.07, 6.45) is 0.922. The van der Waals surface area contributed by atoms with Gasteiger partial charge in [-0.05, 0) is 24.1 Å². The van der Waals surface area contributed by atoms with Gasteiger partial charge in [-0.3, -0.25) is 4.79 Å². The van der Waals surface area contributed by atoms with Crippen molar-refractivity contribution < 1.29 is 14.7 Å².